The van der Waals surface area contributed by atoms with Crippen molar-refractivity contribution < 1.29 is 14.7 Å². The molecule has 0 aromatic heterocycles. The fourth-order valence-electron chi connectivity index (χ4n) is 0.971. The molecule has 84 valence electrons. The number of nitrogens with one attached hydrogen (secondary N) is 1. The number of hydrogen-bond acceptors (Lipinski definition) is 2. The van der Waals surface area contributed by atoms with Gasteiger partial charge in [-0.2, -0.15) is 0 Å². The monoisotopic (exact) mass is 212 g/mol. The van der Waals surface area contributed by atoms with Gasteiger partial charge in [-0.1, -0.05) is 12.8 Å². The zero-order valence-electron chi connectivity index (χ0n) is 8.99. The summed E-state index contributed by atoms with van der Waals surface area (Å²) in [7, 11) is 0. The Kier molecular flexibility index (Phi) is 5.95. The summed E-state index contributed by atoms with van der Waals surface area (Å²) < 4.78 is 0. The fourth-order valence-corrected chi connectivity index (χ4v) is 0.971. The smallest absolute Gasteiger partial charge is 0.325 e. The van der Waals surface area contributed by atoms with E-state index in [1.807, 2.05) is 6.92 Å². The van der Waals surface area contributed by atoms with E-state index in [1.54, 1.807) is 0 Å². The number of amides is 2. The standard InChI is InChI=1S/C10H16N2O3/c1-4-6-12(7-5-2)10(15)11-8(3)9(13)14/h1,8H,5-7H2,2-3H3,(H,11,15)(H,13,14). The number of carboxylic acids is 1. The van der Waals surface area contributed by atoms with Crippen molar-refractivity contribution in [2.24, 2.45) is 0 Å². The van der Waals surface area contributed by atoms with Gasteiger partial charge in [0.05, 0.1) is 6.54 Å². The number of carbonyl (C=O) groups is 2. The van der Waals surface area contributed by atoms with Crippen LogP contribution < -0.4 is 5.32 Å². The van der Waals surface area contributed by atoms with E-state index in [9.17, 15) is 9.59 Å². The van der Waals surface area contributed by atoms with Gasteiger partial charge in [-0.05, 0) is 13.3 Å². The third-order valence-corrected chi connectivity index (χ3v) is 1.77. The zero-order chi connectivity index (χ0) is 11.8. The molecule has 1 atom stereocenters. The highest BCUT2D eigenvalue weighted by molar-refractivity contribution is 5.82. The second-order valence-electron chi connectivity index (χ2n) is 3.14. The maximum absolute atomic E-state index is 11.5. The predicted molar refractivity (Wildman–Crippen MR) is 56.3 cm³/mol. The lowest BCUT2D eigenvalue weighted by molar-refractivity contribution is -0.138. The van der Waals surface area contributed by atoms with Crippen molar-refractivity contribution in [3.05, 3.63) is 0 Å². The van der Waals surface area contributed by atoms with Crippen molar-refractivity contribution in [3.63, 3.8) is 0 Å². The van der Waals surface area contributed by atoms with E-state index in [-0.39, 0.29) is 6.54 Å². The molecule has 0 aliphatic heterocycles. The van der Waals surface area contributed by atoms with Crippen molar-refractivity contribution in [1.82, 2.24) is 10.2 Å². The fraction of sp³-hybridized carbons (Fsp3) is 0.600. The third kappa shape index (κ3) is 4.91. The van der Waals surface area contributed by atoms with Crippen LogP contribution in [0.3, 0.4) is 0 Å². The lowest BCUT2D eigenvalue weighted by atomic mass is 10.3. The molecule has 0 aliphatic rings. The molecule has 0 bridgehead atoms. The lowest BCUT2D eigenvalue weighted by Crippen LogP contribution is -2.47. The van der Waals surface area contributed by atoms with Crippen molar-refractivity contribution >= 4 is 12.0 Å². The van der Waals surface area contributed by atoms with Crippen LogP contribution in [0, 0.1) is 12.3 Å². The molecule has 2 N–H and O–H groups in total. The van der Waals surface area contributed by atoms with Gasteiger partial charge in [-0.15, -0.1) is 6.42 Å². The second-order valence-corrected chi connectivity index (χ2v) is 3.14. The van der Waals surface area contributed by atoms with Crippen molar-refractivity contribution in [3.8, 4) is 12.3 Å². The molecule has 2 amide bonds. The van der Waals surface area contributed by atoms with Gasteiger partial charge in [-0.3, -0.25) is 4.79 Å². The van der Waals surface area contributed by atoms with Gasteiger partial charge >= 0.3 is 12.0 Å². The van der Waals surface area contributed by atoms with E-state index >= 15 is 0 Å². The van der Waals surface area contributed by atoms with E-state index < -0.39 is 18.0 Å². The summed E-state index contributed by atoms with van der Waals surface area (Å²) >= 11 is 0. The maximum Gasteiger partial charge on any atom is 0.325 e. The summed E-state index contributed by atoms with van der Waals surface area (Å²) in [4.78, 5) is 23.4. The van der Waals surface area contributed by atoms with E-state index in [2.05, 4.69) is 11.2 Å². The number of nitrogens with zero attached hydrogens (tertiary/aromatic N) is 1. The predicted octanol–water partition coefficient (Wildman–Crippen LogP) is 0.514. The van der Waals surface area contributed by atoms with E-state index in [0.717, 1.165) is 6.42 Å². The Balaban J connectivity index is 4.26. The van der Waals surface area contributed by atoms with Crippen LogP contribution in [0.15, 0.2) is 0 Å². The summed E-state index contributed by atoms with van der Waals surface area (Å²) in [5.74, 6) is 1.28. The van der Waals surface area contributed by atoms with Crippen molar-refractivity contribution in [1.29, 1.82) is 0 Å². The first-order valence-electron chi connectivity index (χ1n) is 4.74. The highest BCUT2D eigenvalue weighted by Crippen LogP contribution is 1.93. The Morgan fingerprint density at radius 3 is 2.60 bits per heavy atom. The number of urea groups is 1. The molecule has 0 saturated heterocycles. The normalized spacial score (nSPS) is 11.3. The summed E-state index contributed by atoms with van der Waals surface area (Å²) in [6.45, 7) is 4.02. The number of carbonyl (C=O) groups excluding carboxylic acids is 1. The van der Waals surface area contributed by atoms with Crippen LogP contribution in [0.25, 0.3) is 0 Å². The quantitative estimate of drug-likeness (QED) is 0.652. The molecule has 5 nitrogen and oxygen atoms in total. The van der Waals surface area contributed by atoms with Gasteiger partial charge in [0.25, 0.3) is 0 Å². The molecular weight excluding hydrogens is 196 g/mol. The molecule has 0 aromatic rings. The molecule has 0 rings (SSSR count). The SMILES string of the molecule is C#CCN(CCC)C(=O)NC(C)C(=O)O. The Hall–Kier alpha value is -1.70. The average molecular weight is 212 g/mol. The van der Waals surface area contributed by atoms with Gasteiger partial charge in [0.1, 0.15) is 6.04 Å². The highest BCUT2D eigenvalue weighted by atomic mass is 16.4. The summed E-state index contributed by atoms with van der Waals surface area (Å²) in [5, 5.41) is 10.9. The van der Waals surface area contributed by atoms with E-state index in [4.69, 9.17) is 11.5 Å². The topological polar surface area (TPSA) is 69.6 Å². The summed E-state index contributed by atoms with van der Waals surface area (Å²) in [6.07, 6.45) is 5.87. The number of rotatable bonds is 5. The van der Waals surface area contributed by atoms with E-state index in [1.165, 1.54) is 11.8 Å². The number of hydrogen-bond donors (Lipinski definition) is 2. The van der Waals surface area contributed by atoms with Crippen molar-refractivity contribution in [2.45, 2.75) is 26.3 Å². The van der Waals surface area contributed by atoms with E-state index in [0.29, 0.717) is 6.54 Å². The molecule has 1 unspecified atom stereocenters. The first-order valence-corrected chi connectivity index (χ1v) is 4.74. The Bertz CT molecular complexity index is 270. The number of aliphatic carboxylic acids is 1. The molecule has 0 saturated carbocycles. The van der Waals surface area contributed by atoms with Gasteiger partial charge in [0.15, 0.2) is 0 Å². The largest absolute Gasteiger partial charge is 0.480 e. The number of terminal acetylenes is 1. The molecule has 0 fully saturated rings. The second kappa shape index (κ2) is 6.71. The van der Waals surface area contributed by atoms with Crippen LogP contribution in [0.5, 0.6) is 0 Å². The van der Waals surface area contributed by atoms with Crippen LogP contribution in [-0.4, -0.2) is 41.1 Å². The Labute approximate surface area is 89.4 Å². The van der Waals surface area contributed by atoms with Gasteiger partial charge in [-0.25, -0.2) is 4.79 Å². The average Bonchev–Trinajstić information content (AvgIpc) is 2.17. The molecule has 0 radical (unpaired) electrons. The summed E-state index contributed by atoms with van der Waals surface area (Å²) in [5.41, 5.74) is 0. The van der Waals surface area contributed by atoms with Gasteiger partial charge in [0.2, 0.25) is 0 Å². The minimum absolute atomic E-state index is 0.187. The van der Waals surface area contributed by atoms with Crippen LogP contribution in [-0.2, 0) is 4.79 Å². The minimum Gasteiger partial charge on any atom is -0.480 e. The minimum atomic E-state index is -1.07. The molecular formula is C10H16N2O3. The van der Waals surface area contributed by atoms with Crippen molar-refractivity contribution in [2.75, 3.05) is 13.1 Å². The molecule has 5 heteroatoms. The zero-order valence-corrected chi connectivity index (χ0v) is 8.99. The van der Waals surface area contributed by atoms with Gasteiger partial charge in [0, 0.05) is 6.54 Å². The lowest BCUT2D eigenvalue weighted by Gasteiger charge is -2.21. The molecule has 15 heavy (non-hydrogen) atoms. The molecule has 0 spiro atoms. The van der Waals surface area contributed by atoms with Crippen LogP contribution >= 0.6 is 0 Å². The first-order chi connectivity index (χ1) is 7.02. The molecule has 0 aromatic carbocycles. The van der Waals surface area contributed by atoms with Crippen LogP contribution in [0.4, 0.5) is 4.79 Å². The first kappa shape index (κ1) is 13.3. The molecule has 0 heterocycles. The summed E-state index contributed by atoms with van der Waals surface area (Å²) in [6, 6.07) is -1.35. The van der Waals surface area contributed by atoms with Crippen LogP contribution in [0.2, 0.25) is 0 Å². The number of carboxylic acid groups (broad SMARTS) is 1. The third-order valence-electron chi connectivity index (χ3n) is 1.77. The highest BCUT2D eigenvalue weighted by Gasteiger charge is 2.17. The Morgan fingerprint density at radius 2 is 2.20 bits per heavy atom. The Morgan fingerprint density at radius 1 is 1.60 bits per heavy atom. The van der Waals surface area contributed by atoms with Crippen LogP contribution in [0.1, 0.15) is 20.3 Å². The molecule has 0 aliphatic carbocycles. The maximum atomic E-state index is 11.5. The van der Waals surface area contributed by atoms with Gasteiger partial charge < -0.3 is 15.3 Å².